The third-order valence-corrected chi connectivity index (χ3v) is 4.24. The minimum Gasteiger partial charge on any atom is -0.492 e. The minimum absolute atomic E-state index is 0.0717. The number of benzene rings is 1. The normalized spacial score (nSPS) is 12.3. The first-order valence-electron chi connectivity index (χ1n) is 9.23. The van der Waals surface area contributed by atoms with E-state index in [1.54, 1.807) is 0 Å². The lowest BCUT2D eigenvalue weighted by Crippen LogP contribution is -2.25. The summed E-state index contributed by atoms with van der Waals surface area (Å²) < 4.78 is 7.81. The van der Waals surface area contributed by atoms with E-state index in [2.05, 4.69) is 16.8 Å². The van der Waals surface area contributed by atoms with Gasteiger partial charge in [0.15, 0.2) is 0 Å². The van der Waals surface area contributed by atoms with Crippen molar-refractivity contribution in [1.82, 2.24) is 9.88 Å². The number of carboxylic acid groups (broad SMARTS) is 2. The number of rotatable bonds is 6. The zero-order valence-electron chi connectivity index (χ0n) is 16.1. The third-order valence-electron chi connectivity index (χ3n) is 4.24. The van der Waals surface area contributed by atoms with Crippen molar-refractivity contribution < 1.29 is 29.3 Å². The average molecular weight is 400 g/mol. The second-order valence-electron chi connectivity index (χ2n) is 6.22. The summed E-state index contributed by atoms with van der Waals surface area (Å²) in [5.41, 5.74) is 2.88. The van der Waals surface area contributed by atoms with Crippen LogP contribution in [0.2, 0.25) is 0 Å². The molecule has 3 rings (SSSR count). The van der Waals surface area contributed by atoms with E-state index in [4.69, 9.17) is 14.9 Å². The van der Waals surface area contributed by atoms with Crippen molar-refractivity contribution in [3.63, 3.8) is 0 Å². The van der Waals surface area contributed by atoms with Crippen LogP contribution in [-0.4, -0.2) is 39.2 Å². The molecule has 0 fully saturated rings. The van der Waals surface area contributed by atoms with Gasteiger partial charge < -0.3 is 24.8 Å². The van der Waals surface area contributed by atoms with E-state index in [1.165, 1.54) is 0 Å². The molecule has 0 aliphatic carbocycles. The van der Waals surface area contributed by atoms with E-state index in [9.17, 15) is 14.4 Å². The summed E-state index contributed by atoms with van der Waals surface area (Å²) in [7, 11) is 0. The fourth-order valence-electron chi connectivity index (χ4n) is 2.89. The lowest BCUT2D eigenvalue weighted by molar-refractivity contribution is -0.134. The van der Waals surface area contributed by atoms with Crippen molar-refractivity contribution in [3.8, 4) is 5.75 Å². The van der Waals surface area contributed by atoms with Crippen LogP contribution in [0.15, 0.2) is 48.7 Å². The highest BCUT2D eigenvalue weighted by atomic mass is 16.5. The molecular weight excluding hydrogens is 376 g/mol. The number of aryl methyl sites for hydroxylation is 2. The van der Waals surface area contributed by atoms with Crippen LogP contribution in [-0.2, 0) is 29.1 Å². The Morgan fingerprint density at radius 3 is 2.52 bits per heavy atom. The average Bonchev–Trinajstić information content (AvgIpc) is 3.18. The van der Waals surface area contributed by atoms with Crippen LogP contribution in [0.25, 0.3) is 0 Å². The van der Waals surface area contributed by atoms with Crippen molar-refractivity contribution in [3.05, 3.63) is 65.5 Å². The second-order valence-corrected chi connectivity index (χ2v) is 6.22. The fourth-order valence-corrected chi connectivity index (χ4v) is 2.89. The van der Waals surface area contributed by atoms with Crippen LogP contribution in [0.5, 0.6) is 5.75 Å². The van der Waals surface area contributed by atoms with Crippen LogP contribution in [0.4, 0.5) is 0 Å². The maximum absolute atomic E-state index is 12.4. The Hall–Kier alpha value is -3.55. The summed E-state index contributed by atoms with van der Waals surface area (Å²) in [5.74, 6) is -1.83. The first kappa shape index (κ1) is 21.7. The number of hydrogen-bond donors (Lipinski definition) is 3. The number of aromatic nitrogens is 1. The van der Waals surface area contributed by atoms with E-state index in [-0.39, 0.29) is 5.91 Å². The summed E-state index contributed by atoms with van der Waals surface area (Å²) in [6, 6.07) is 9.82. The van der Waals surface area contributed by atoms with E-state index in [1.807, 2.05) is 36.5 Å². The lowest BCUT2D eigenvalue weighted by Gasteiger charge is -2.20. The van der Waals surface area contributed by atoms with E-state index >= 15 is 0 Å². The first-order chi connectivity index (χ1) is 13.9. The van der Waals surface area contributed by atoms with Crippen molar-refractivity contribution in [2.45, 2.75) is 32.9 Å². The standard InChI is InChI=1S/C17H20N2O2.C4H4O4/c1-2-19-10-4-8-14(19)12-18-17(20)15-9-3-6-13-7-5-11-21-16(13)15;5-3(6)1-2-4(7)8/h3-4,6,8-10H,2,5,7,11-12H2,1H3,(H,18,20);1-2H,(H,5,6)(H,7,8)/b;2-1+. The zero-order valence-corrected chi connectivity index (χ0v) is 16.1. The highest BCUT2D eigenvalue weighted by Crippen LogP contribution is 2.28. The van der Waals surface area contributed by atoms with E-state index in [0.29, 0.717) is 30.9 Å². The summed E-state index contributed by atoms with van der Waals surface area (Å²) >= 11 is 0. The molecule has 0 unspecified atom stereocenters. The second kappa shape index (κ2) is 10.7. The molecule has 1 aliphatic rings. The number of amides is 1. The Morgan fingerprint density at radius 1 is 1.14 bits per heavy atom. The number of nitrogens with one attached hydrogen (secondary N) is 1. The highest BCUT2D eigenvalue weighted by Gasteiger charge is 2.19. The van der Waals surface area contributed by atoms with Gasteiger partial charge >= 0.3 is 11.9 Å². The number of carboxylic acids is 2. The number of carbonyl (C=O) groups excluding carboxylic acids is 1. The predicted octanol–water partition coefficient (Wildman–Crippen LogP) is 2.47. The maximum atomic E-state index is 12.4. The van der Waals surface area contributed by atoms with Crippen LogP contribution in [0.3, 0.4) is 0 Å². The van der Waals surface area contributed by atoms with Crippen molar-refractivity contribution >= 4 is 17.8 Å². The molecule has 1 amide bonds. The molecule has 3 N–H and O–H groups in total. The molecule has 1 aromatic heterocycles. The van der Waals surface area contributed by atoms with Gasteiger partial charge in [-0.2, -0.15) is 0 Å². The van der Waals surface area contributed by atoms with Crippen LogP contribution in [0.1, 0.15) is 35.0 Å². The van der Waals surface area contributed by atoms with Gasteiger partial charge in [-0.25, -0.2) is 9.59 Å². The van der Waals surface area contributed by atoms with E-state index < -0.39 is 11.9 Å². The molecule has 0 radical (unpaired) electrons. The van der Waals surface area contributed by atoms with Gasteiger partial charge in [-0.15, -0.1) is 0 Å². The van der Waals surface area contributed by atoms with Gasteiger partial charge in [0.1, 0.15) is 5.75 Å². The van der Waals surface area contributed by atoms with Crippen LogP contribution < -0.4 is 10.1 Å². The molecule has 8 nitrogen and oxygen atoms in total. The molecule has 29 heavy (non-hydrogen) atoms. The summed E-state index contributed by atoms with van der Waals surface area (Å²) in [4.78, 5) is 31.5. The van der Waals surface area contributed by atoms with Crippen molar-refractivity contribution in [2.24, 2.45) is 0 Å². The van der Waals surface area contributed by atoms with Gasteiger partial charge in [-0.05, 0) is 43.5 Å². The molecular formula is C21H24N2O6. The molecule has 1 aromatic carbocycles. The number of fused-ring (bicyclic) bond motifs is 1. The quantitative estimate of drug-likeness (QED) is 0.641. The largest absolute Gasteiger partial charge is 0.492 e. The summed E-state index contributed by atoms with van der Waals surface area (Å²) in [5, 5.41) is 18.6. The first-order valence-corrected chi connectivity index (χ1v) is 9.23. The number of carbonyl (C=O) groups is 3. The van der Waals surface area contributed by atoms with Crippen molar-refractivity contribution in [1.29, 1.82) is 0 Å². The smallest absolute Gasteiger partial charge is 0.328 e. The topological polar surface area (TPSA) is 118 Å². The van der Waals surface area contributed by atoms with Crippen molar-refractivity contribution in [2.75, 3.05) is 6.61 Å². The van der Waals surface area contributed by atoms with E-state index in [0.717, 1.165) is 36.4 Å². The number of aliphatic carboxylic acids is 2. The third kappa shape index (κ3) is 6.53. The Labute approximate surface area is 168 Å². The van der Waals surface area contributed by atoms with Gasteiger partial charge in [0.25, 0.3) is 5.91 Å². The maximum Gasteiger partial charge on any atom is 0.328 e. The number of ether oxygens (including phenoxy) is 1. The summed E-state index contributed by atoms with van der Waals surface area (Å²) in [6.45, 7) is 4.22. The van der Waals surface area contributed by atoms with Gasteiger partial charge in [0.05, 0.1) is 18.7 Å². The molecule has 0 spiro atoms. The summed E-state index contributed by atoms with van der Waals surface area (Å²) in [6.07, 6.45) is 5.14. The molecule has 0 saturated heterocycles. The molecule has 2 heterocycles. The highest BCUT2D eigenvalue weighted by molar-refractivity contribution is 5.97. The minimum atomic E-state index is -1.26. The number of para-hydroxylation sites is 1. The SMILES string of the molecule is CCn1cccc1CNC(=O)c1cccc2c1OCCC2.O=C(O)/C=C/C(=O)O. The van der Waals surface area contributed by atoms with Crippen LogP contribution in [0, 0.1) is 0 Å². The predicted molar refractivity (Wildman–Crippen MR) is 106 cm³/mol. The molecule has 1 aliphatic heterocycles. The molecule has 0 saturated carbocycles. The Balaban J connectivity index is 0.000000321. The fraction of sp³-hybridized carbons (Fsp3) is 0.286. The van der Waals surface area contributed by atoms with Gasteiger partial charge in [-0.3, -0.25) is 4.79 Å². The zero-order chi connectivity index (χ0) is 21.2. The van der Waals surface area contributed by atoms with Gasteiger partial charge in [0, 0.05) is 30.6 Å². The van der Waals surface area contributed by atoms with Gasteiger partial charge in [-0.1, -0.05) is 12.1 Å². The molecule has 0 atom stereocenters. The number of hydrogen-bond acceptors (Lipinski definition) is 4. The molecule has 0 bridgehead atoms. The van der Waals surface area contributed by atoms with Crippen LogP contribution >= 0.6 is 0 Å². The lowest BCUT2D eigenvalue weighted by atomic mass is 10.0. The molecule has 154 valence electrons. The Bertz CT molecular complexity index is 884. The number of nitrogens with zero attached hydrogens (tertiary/aromatic N) is 1. The molecule has 2 aromatic rings. The Morgan fingerprint density at radius 2 is 1.86 bits per heavy atom. The van der Waals surface area contributed by atoms with Gasteiger partial charge in [0.2, 0.25) is 0 Å². The molecule has 8 heteroatoms. The monoisotopic (exact) mass is 400 g/mol. The Kier molecular flexibility index (Phi) is 8.02.